The Kier molecular flexibility index (Phi) is 3.56. The number of alkyl halides is 3. The molecule has 2 aromatic rings. The minimum atomic E-state index is -4.36. The van der Waals surface area contributed by atoms with Gasteiger partial charge in [0.15, 0.2) is 0 Å². The molecule has 0 aliphatic rings. The second kappa shape index (κ2) is 5.00. The second-order valence-electron chi connectivity index (χ2n) is 3.63. The van der Waals surface area contributed by atoms with Crippen molar-refractivity contribution in [2.75, 3.05) is 18.5 Å². The quantitative estimate of drug-likeness (QED) is 0.862. The van der Waals surface area contributed by atoms with E-state index in [0.29, 0.717) is 0 Å². The Hall–Kier alpha value is -1.90. The predicted octanol–water partition coefficient (Wildman–Crippen LogP) is 1.71. The van der Waals surface area contributed by atoms with Gasteiger partial charge in [0.05, 0.1) is 0 Å². The summed E-state index contributed by atoms with van der Waals surface area (Å²) in [6.45, 7) is -1.19. The highest BCUT2D eigenvalue weighted by Gasteiger charge is 2.30. The van der Waals surface area contributed by atoms with Gasteiger partial charge in [-0.25, -0.2) is 4.68 Å². The lowest BCUT2D eigenvalue weighted by Gasteiger charge is -2.18. The van der Waals surface area contributed by atoms with Crippen LogP contribution in [0.4, 0.5) is 19.1 Å². The maximum Gasteiger partial charge on any atom is 0.406 e. The lowest BCUT2D eigenvalue weighted by molar-refractivity contribution is -0.119. The summed E-state index contributed by atoms with van der Waals surface area (Å²) in [5.41, 5.74) is 0. The molecule has 19 heavy (non-hydrogen) atoms. The van der Waals surface area contributed by atoms with Crippen molar-refractivity contribution in [1.29, 1.82) is 0 Å². The number of nitrogens with zero attached hydrogens (tertiary/aromatic N) is 6. The third-order valence-corrected chi connectivity index (χ3v) is 2.22. The number of halogens is 4. The van der Waals surface area contributed by atoms with Crippen molar-refractivity contribution in [2.24, 2.45) is 0 Å². The SMILES string of the molecule is CN(CC(F)(F)F)c1nc(Cl)nc(-n2cccn2)n1. The van der Waals surface area contributed by atoms with Crippen LogP contribution in [0, 0.1) is 0 Å². The van der Waals surface area contributed by atoms with Gasteiger partial charge in [0.1, 0.15) is 6.54 Å². The van der Waals surface area contributed by atoms with Gasteiger partial charge in [-0.3, -0.25) is 0 Å². The van der Waals surface area contributed by atoms with Crippen LogP contribution in [-0.2, 0) is 0 Å². The van der Waals surface area contributed by atoms with Gasteiger partial charge in [-0.15, -0.1) is 0 Å². The Balaban J connectivity index is 2.32. The van der Waals surface area contributed by atoms with Gasteiger partial charge in [0, 0.05) is 19.4 Å². The average molecular weight is 293 g/mol. The van der Waals surface area contributed by atoms with Crippen molar-refractivity contribution in [3.63, 3.8) is 0 Å². The van der Waals surface area contributed by atoms with Gasteiger partial charge in [0.25, 0.3) is 5.95 Å². The molecule has 0 bridgehead atoms. The van der Waals surface area contributed by atoms with Crippen LogP contribution in [0.25, 0.3) is 5.95 Å². The first-order chi connectivity index (χ1) is 8.85. The van der Waals surface area contributed by atoms with Gasteiger partial charge in [-0.05, 0) is 17.7 Å². The van der Waals surface area contributed by atoms with E-state index in [1.807, 2.05) is 0 Å². The fourth-order valence-corrected chi connectivity index (χ4v) is 1.48. The molecule has 2 rings (SSSR count). The van der Waals surface area contributed by atoms with E-state index in [1.54, 1.807) is 12.3 Å². The molecular weight excluding hydrogens is 285 g/mol. The molecule has 0 aromatic carbocycles. The summed E-state index contributed by atoms with van der Waals surface area (Å²) >= 11 is 5.67. The third kappa shape index (κ3) is 3.53. The molecule has 0 spiro atoms. The zero-order valence-electron chi connectivity index (χ0n) is 9.63. The number of anilines is 1. The van der Waals surface area contributed by atoms with Crippen molar-refractivity contribution in [2.45, 2.75) is 6.18 Å². The third-order valence-electron chi connectivity index (χ3n) is 2.05. The lowest BCUT2D eigenvalue weighted by atomic mass is 10.5. The van der Waals surface area contributed by atoms with Crippen LogP contribution >= 0.6 is 11.6 Å². The number of aromatic nitrogens is 5. The minimum Gasteiger partial charge on any atom is -0.335 e. The van der Waals surface area contributed by atoms with E-state index in [2.05, 4.69) is 20.1 Å². The smallest absolute Gasteiger partial charge is 0.335 e. The van der Waals surface area contributed by atoms with E-state index in [9.17, 15) is 13.2 Å². The summed E-state index contributed by atoms with van der Waals surface area (Å²) in [5, 5.41) is 3.66. The highest BCUT2D eigenvalue weighted by molar-refractivity contribution is 6.28. The molecular formula is C9H8ClF3N6. The van der Waals surface area contributed by atoms with Crippen molar-refractivity contribution in [3.8, 4) is 5.95 Å². The molecule has 0 saturated carbocycles. The first-order valence-electron chi connectivity index (χ1n) is 5.04. The van der Waals surface area contributed by atoms with E-state index in [0.717, 1.165) is 4.90 Å². The summed E-state index contributed by atoms with van der Waals surface area (Å²) in [4.78, 5) is 12.2. The van der Waals surface area contributed by atoms with E-state index < -0.39 is 12.7 Å². The molecule has 0 saturated heterocycles. The second-order valence-corrected chi connectivity index (χ2v) is 3.96. The monoisotopic (exact) mass is 292 g/mol. The van der Waals surface area contributed by atoms with Crippen molar-refractivity contribution < 1.29 is 13.2 Å². The molecule has 0 atom stereocenters. The lowest BCUT2D eigenvalue weighted by Crippen LogP contribution is -2.32. The van der Waals surface area contributed by atoms with Gasteiger partial charge < -0.3 is 4.90 Å². The summed E-state index contributed by atoms with van der Waals surface area (Å²) in [6.07, 6.45) is -1.34. The standard InChI is InChI=1S/C9H8ClF3N6/c1-18(5-9(11,12)13)7-15-6(10)16-8(17-7)19-4-2-3-14-19/h2-4H,5H2,1H3. The zero-order chi connectivity index (χ0) is 14.0. The van der Waals surface area contributed by atoms with Crippen LogP contribution in [0.5, 0.6) is 0 Å². The van der Waals surface area contributed by atoms with Gasteiger partial charge in [-0.2, -0.15) is 33.2 Å². The van der Waals surface area contributed by atoms with E-state index in [4.69, 9.17) is 11.6 Å². The molecule has 0 N–H and O–H groups in total. The first kappa shape index (κ1) is 13.5. The van der Waals surface area contributed by atoms with Crippen molar-refractivity contribution >= 4 is 17.5 Å². The highest BCUT2D eigenvalue weighted by atomic mass is 35.5. The Morgan fingerprint density at radius 1 is 1.32 bits per heavy atom. The van der Waals surface area contributed by atoms with Crippen LogP contribution in [0.1, 0.15) is 0 Å². The van der Waals surface area contributed by atoms with Gasteiger partial charge in [-0.1, -0.05) is 0 Å². The molecule has 102 valence electrons. The topological polar surface area (TPSA) is 59.7 Å². The Morgan fingerprint density at radius 2 is 2.05 bits per heavy atom. The van der Waals surface area contributed by atoms with Crippen LogP contribution < -0.4 is 4.90 Å². The number of rotatable bonds is 3. The molecule has 2 aromatic heterocycles. The summed E-state index contributed by atoms with van der Waals surface area (Å²) in [7, 11) is 1.21. The van der Waals surface area contributed by atoms with Crippen LogP contribution in [-0.4, -0.2) is 44.5 Å². The average Bonchev–Trinajstić information content (AvgIpc) is 2.79. The molecule has 0 radical (unpaired) electrons. The predicted molar refractivity (Wildman–Crippen MR) is 61.3 cm³/mol. The van der Waals surface area contributed by atoms with Crippen LogP contribution in [0.3, 0.4) is 0 Å². The Morgan fingerprint density at radius 3 is 2.63 bits per heavy atom. The Labute approximate surface area is 110 Å². The fourth-order valence-electron chi connectivity index (χ4n) is 1.33. The molecule has 10 heteroatoms. The first-order valence-corrected chi connectivity index (χ1v) is 5.42. The number of hydrogen-bond acceptors (Lipinski definition) is 5. The Bertz CT molecular complexity index is 556. The van der Waals surface area contributed by atoms with Crippen LogP contribution in [0.2, 0.25) is 5.28 Å². The largest absolute Gasteiger partial charge is 0.406 e. The van der Waals surface area contributed by atoms with E-state index in [1.165, 1.54) is 17.9 Å². The summed E-state index contributed by atoms with van der Waals surface area (Å²) in [5.74, 6) is -0.128. The molecule has 0 aliphatic carbocycles. The zero-order valence-corrected chi connectivity index (χ0v) is 10.4. The molecule has 0 unspecified atom stereocenters. The number of hydrogen-bond donors (Lipinski definition) is 0. The van der Waals surface area contributed by atoms with E-state index >= 15 is 0 Å². The molecule has 0 amide bonds. The van der Waals surface area contributed by atoms with Crippen molar-refractivity contribution in [3.05, 3.63) is 23.7 Å². The molecule has 2 heterocycles. The molecule has 0 fully saturated rings. The fraction of sp³-hybridized carbons (Fsp3) is 0.333. The maximum atomic E-state index is 12.3. The summed E-state index contributed by atoms with van der Waals surface area (Å²) < 4.78 is 38.2. The summed E-state index contributed by atoms with van der Waals surface area (Å²) in [6, 6.07) is 1.62. The van der Waals surface area contributed by atoms with E-state index in [-0.39, 0.29) is 17.2 Å². The molecule has 0 aliphatic heterocycles. The van der Waals surface area contributed by atoms with Crippen molar-refractivity contribution in [1.82, 2.24) is 24.7 Å². The molecule has 6 nitrogen and oxygen atoms in total. The van der Waals surface area contributed by atoms with Crippen LogP contribution in [0.15, 0.2) is 18.5 Å². The normalized spacial score (nSPS) is 11.6. The highest BCUT2D eigenvalue weighted by Crippen LogP contribution is 2.19. The van der Waals surface area contributed by atoms with Gasteiger partial charge in [0.2, 0.25) is 11.2 Å². The van der Waals surface area contributed by atoms with Gasteiger partial charge >= 0.3 is 6.18 Å². The minimum absolute atomic E-state index is 0.0500. The maximum absolute atomic E-state index is 12.3.